The molecule has 0 saturated heterocycles. The van der Waals surface area contributed by atoms with Crippen LogP contribution in [-0.4, -0.2) is 36.2 Å². The van der Waals surface area contributed by atoms with Gasteiger partial charge in [-0.25, -0.2) is 4.98 Å². The largest absolute Gasteiger partial charge is 0.497 e. The molecule has 0 unspecified atom stereocenters. The molecule has 7 heteroatoms. The van der Waals surface area contributed by atoms with Gasteiger partial charge in [-0.3, -0.25) is 4.79 Å². The Morgan fingerprint density at radius 1 is 1.38 bits per heavy atom. The zero-order valence-electron chi connectivity index (χ0n) is 12.0. The van der Waals surface area contributed by atoms with Gasteiger partial charge in [0.2, 0.25) is 0 Å². The third-order valence-corrected chi connectivity index (χ3v) is 2.91. The first-order valence-corrected chi connectivity index (χ1v) is 6.43. The number of anilines is 1. The fraction of sp³-hybridized carbons (Fsp3) is 0.286. The van der Waals surface area contributed by atoms with Crippen LogP contribution in [0.2, 0.25) is 0 Å². The van der Waals surface area contributed by atoms with Crippen molar-refractivity contribution in [2.75, 3.05) is 26.1 Å². The summed E-state index contributed by atoms with van der Waals surface area (Å²) < 4.78 is 12.1. The molecule has 1 amide bonds. The van der Waals surface area contributed by atoms with Crippen molar-refractivity contribution in [3.05, 3.63) is 36.4 Å². The quantitative estimate of drug-likeness (QED) is 0.831. The van der Waals surface area contributed by atoms with Crippen molar-refractivity contribution >= 4 is 11.6 Å². The molecule has 0 spiro atoms. The van der Waals surface area contributed by atoms with Crippen LogP contribution in [0.25, 0.3) is 0 Å². The summed E-state index contributed by atoms with van der Waals surface area (Å²) in [5.74, 6) is 0.850. The first-order chi connectivity index (χ1) is 10.2. The lowest BCUT2D eigenvalue weighted by molar-refractivity contribution is 0.102. The zero-order chi connectivity index (χ0) is 15.2. The smallest absolute Gasteiger partial charge is 0.275 e. The highest BCUT2D eigenvalue weighted by atomic mass is 16.5. The molecule has 0 aliphatic rings. The van der Waals surface area contributed by atoms with Gasteiger partial charge in [0, 0.05) is 25.4 Å². The lowest BCUT2D eigenvalue weighted by atomic mass is 10.2. The highest BCUT2D eigenvalue weighted by molar-refractivity contribution is 6.03. The normalized spacial score (nSPS) is 10.2. The second-order valence-corrected chi connectivity index (χ2v) is 4.31. The molecule has 0 bridgehead atoms. The zero-order valence-corrected chi connectivity index (χ0v) is 12.0. The molecule has 112 valence electrons. The predicted molar refractivity (Wildman–Crippen MR) is 78.8 cm³/mol. The van der Waals surface area contributed by atoms with Gasteiger partial charge in [-0.05, 0) is 12.1 Å². The standard InChI is InChI=1S/C14H18N4O3/c1-20-10-3-4-13(21-2)11(7-10)17-14(19)12-8-18(6-5-15)9-16-12/h3-4,7-9H,5-6,15H2,1-2H3,(H,17,19). The van der Waals surface area contributed by atoms with Crippen LogP contribution in [-0.2, 0) is 6.54 Å². The van der Waals surface area contributed by atoms with E-state index in [2.05, 4.69) is 10.3 Å². The predicted octanol–water partition coefficient (Wildman–Crippen LogP) is 1.11. The van der Waals surface area contributed by atoms with E-state index >= 15 is 0 Å². The molecular weight excluding hydrogens is 272 g/mol. The first-order valence-electron chi connectivity index (χ1n) is 6.43. The van der Waals surface area contributed by atoms with Gasteiger partial charge in [-0.2, -0.15) is 0 Å². The number of nitrogens with zero attached hydrogens (tertiary/aromatic N) is 2. The van der Waals surface area contributed by atoms with Crippen molar-refractivity contribution in [1.29, 1.82) is 0 Å². The number of nitrogens with two attached hydrogens (primary N) is 1. The third kappa shape index (κ3) is 3.51. The number of carbonyl (C=O) groups is 1. The topological polar surface area (TPSA) is 91.4 Å². The molecule has 1 aromatic carbocycles. The fourth-order valence-corrected chi connectivity index (χ4v) is 1.85. The molecule has 2 aromatic rings. The highest BCUT2D eigenvalue weighted by Crippen LogP contribution is 2.29. The Balaban J connectivity index is 2.17. The number of benzene rings is 1. The minimum absolute atomic E-state index is 0.313. The van der Waals surface area contributed by atoms with Gasteiger partial charge in [-0.1, -0.05) is 0 Å². The maximum Gasteiger partial charge on any atom is 0.275 e. The number of hydrogen-bond acceptors (Lipinski definition) is 5. The molecule has 1 heterocycles. The number of aromatic nitrogens is 2. The van der Waals surface area contributed by atoms with Crippen LogP contribution in [0.15, 0.2) is 30.7 Å². The fourth-order valence-electron chi connectivity index (χ4n) is 1.85. The van der Waals surface area contributed by atoms with Crippen LogP contribution in [0.5, 0.6) is 11.5 Å². The second kappa shape index (κ2) is 6.76. The maximum atomic E-state index is 12.2. The van der Waals surface area contributed by atoms with E-state index in [0.717, 1.165) is 0 Å². The number of methoxy groups -OCH3 is 2. The lowest BCUT2D eigenvalue weighted by Gasteiger charge is -2.10. The van der Waals surface area contributed by atoms with Crippen molar-refractivity contribution in [3.8, 4) is 11.5 Å². The summed E-state index contributed by atoms with van der Waals surface area (Å²) in [5, 5.41) is 2.76. The van der Waals surface area contributed by atoms with Gasteiger partial charge in [0.05, 0.1) is 26.2 Å². The molecule has 0 atom stereocenters. The Bertz CT molecular complexity index is 624. The van der Waals surface area contributed by atoms with E-state index in [1.165, 1.54) is 7.11 Å². The molecule has 21 heavy (non-hydrogen) atoms. The van der Waals surface area contributed by atoms with Gasteiger partial charge in [0.25, 0.3) is 5.91 Å². The molecule has 0 radical (unpaired) electrons. The lowest BCUT2D eigenvalue weighted by Crippen LogP contribution is -2.13. The summed E-state index contributed by atoms with van der Waals surface area (Å²) >= 11 is 0. The van der Waals surface area contributed by atoms with Crippen LogP contribution >= 0.6 is 0 Å². The molecule has 3 N–H and O–H groups in total. The number of carbonyl (C=O) groups excluding carboxylic acids is 1. The Hall–Kier alpha value is -2.54. The minimum atomic E-state index is -0.322. The summed E-state index contributed by atoms with van der Waals surface area (Å²) in [6.07, 6.45) is 3.22. The van der Waals surface area contributed by atoms with Crippen LogP contribution in [0.4, 0.5) is 5.69 Å². The molecule has 2 rings (SSSR count). The Kier molecular flexibility index (Phi) is 4.78. The van der Waals surface area contributed by atoms with E-state index in [9.17, 15) is 4.79 Å². The SMILES string of the molecule is COc1ccc(OC)c(NC(=O)c2cn(CCN)cn2)c1. The first kappa shape index (κ1) is 14.9. The minimum Gasteiger partial charge on any atom is -0.497 e. The number of rotatable bonds is 6. The number of hydrogen-bond donors (Lipinski definition) is 2. The molecule has 0 aliphatic heterocycles. The van der Waals surface area contributed by atoms with Crippen molar-refractivity contribution < 1.29 is 14.3 Å². The monoisotopic (exact) mass is 290 g/mol. The summed E-state index contributed by atoms with van der Waals surface area (Å²) in [4.78, 5) is 16.2. The average Bonchev–Trinajstić information content (AvgIpc) is 2.96. The Morgan fingerprint density at radius 3 is 2.86 bits per heavy atom. The number of nitrogens with one attached hydrogen (secondary N) is 1. The van der Waals surface area contributed by atoms with Gasteiger partial charge < -0.3 is 25.1 Å². The van der Waals surface area contributed by atoms with Crippen molar-refractivity contribution in [3.63, 3.8) is 0 Å². The molecule has 0 saturated carbocycles. The number of imidazole rings is 1. The average molecular weight is 290 g/mol. The summed E-state index contributed by atoms with van der Waals surface area (Å²) in [6, 6.07) is 5.17. The Labute approximate surface area is 122 Å². The van der Waals surface area contributed by atoms with Gasteiger partial charge in [0.15, 0.2) is 0 Å². The molecular formula is C14H18N4O3. The van der Waals surface area contributed by atoms with E-state index in [1.807, 2.05) is 0 Å². The Morgan fingerprint density at radius 2 is 2.19 bits per heavy atom. The van der Waals surface area contributed by atoms with E-state index in [1.54, 1.807) is 42.4 Å². The maximum absolute atomic E-state index is 12.2. The molecule has 0 fully saturated rings. The van der Waals surface area contributed by atoms with E-state index in [-0.39, 0.29) is 5.91 Å². The number of amides is 1. The van der Waals surface area contributed by atoms with Gasteiger partial charge >= 0.3 is 0 Å². The van der Waals surface area contributed by atoms with Crippen LogP contribution in [0, 0.1) is 0 Å². The number of ether oxygens (including phenoxy) is 2. The second-order valence-electron chi connectivity index (χ2n) is 4.31. The van der Waals surface area contributed by atoms with E-state index < -0.39 is 0 Å². The molecule has 1 aromatic heterocycles. The highest BCUT2D eigenvalue weighted by Gasteiger charge is 2.13. The van der Waals surface area contributed by atoms with Crippen molar-refractivity contribution in [2.45, 2.75) is 6.54 Å². The van der Waals surface area contributed by atoms with E-state index in [0.29, 0.717) is 36.0 Å². The summed E-state index contributed by atoms with van der Waals surface area (Å²) in [6.45, 7) is 1.10. The van der Waals surface area contributed by atoms with Gasteiger partial charge in [0.1, 0.15) is 17.2 Å². The van der Waals surface area contributed by atoms with Crippen molar-refractivity contribution in [1.82, 2.24) is 9.55 Å². The summed E-state index contributed by atoms with van der Waals surface area (Å²) in [7, 11) is 3.09. The van der Waals surface area contributed by atoms with Crippen LogP contribution in [0.3, 0.4) is 0 Å². The van der Waals surface area contributed by atoms with Crippen molar-refractivity contribution in [2.24, 2.45) is 5.73 Å². The van der Waals surface area contributed by atoms with Crippen LogP contribution in [0.1, 0.15) is 10.5 Å². The van der Waals surface area contributed by atoms with Gasteiger partial charge in [-0.15, -0.1) is 0 Å². The van der Waals surface area contributed by atoms with E-state index in [4.69, 9.17) is 15.2 Å². The third-order valence-electron chi connectivity index (χ3n) is 2.91. The molecule has 0 aliphatic carbocycles. The van der Waals surface area contributed by atoms with Crippen LogP contribution < -0.4 is 20.5 Å². The summed E-state index contributed by atoms with van der Waals surface area (Å²) in [5.41, 5.74) is 6.30. The molecule has 7 nitrogen and oxygen atoms in total.